The van der Waals surface area contributed by atoms with Crippen LogP contribution in [-0.4, -0.2) is 41.1 Å². The highest BCUT2D eigenvalue weighted by molar-refractivity contribution is 7.98. The van der Waals surface area contributed by atoms with Crippen molar-refractivity contribution >= 4 is 28.7 Å². The van der Waals surface area contributed by atoms with Crippen molar-refractivity contribution in [2.24, 2.45) is 4.99 Å². The lowest BCUT2D eigenvalue weighted by Gasteiger charge is -2.11. The molecule has 0 aliphatic carbocycles. The molecule has 3 heterocycles. The van der Waals surface area contributed by atoms with E-state index < -0.39 is 0 Å². The fourth-order valence-electron chi connectivity index (χ4n) is 3.05. The SMILES string of the molecule is COc1c(C)cnc(CSc2nc3cc(C4=NCCO4)ccc3[nH]2)c1C. The predicted octanol–water partition coefficient (Wildman–Crippen LogP) is 3.65. The highest BCUT2D eigenvalue weighted by atomic mass is 32.2. The Labute approximate surface area is 156 Å². The molecular formula is C19H20N4O2S. The summed E-state index contributed by atoms with van der Waals surface area (Å²) in [4.78, 5) is 16.9. The quantitative estimate of drug-likeness (QED) is 0.696. The molecule has 7 heteroatoms. The smallest absolute Gasteiger partial charge is 0.216 e. The molecule has 0 amide bonds. The number of thioether (sulfide) groups is 1. The molecule has 0 bridgehead atoms. The second-order valence-corrected chi connectivity index (χ2v) is 7.11. The average Bonchev–Trinajstić information content (AvgIpc) is 3.30. The number of nitrogens with zero attached hydrogens (tertiary/aromatic N) is 3. The molecule has 1 aromatic carbocycles. The van der Waals surface area contributed by atoms with E-state index in [1.807, 2.05) is 38.2 Å². The van der Waals surface area contributed by atoms with Gasteiger partial charge in [-0.1, -0.05) is 11.8 Å². The summed E-state index contributed by atoms with van der Waals surface area (Å²) >= 11 is 1.63. The molecule has 0 fully saturated rings. The summed E-state index contributed by atoms with van der Waals surface area (Å²) in [6, 6.07) is 6.04. The second-order valence-electron chi connectivity index (χ2n) is 6.14. The van der Waals surface area contributed by atoms with Crippen molar-refractivity contribution in [2.45, 2.75) is 24.8 Å². The molecule has 1 aliphatic rings. The van der Waals surface area contributed by atoms with E-state index >= 15 is 0 Å². The highest BCUT2D eigenvalue weighted by Gasteiger charge is 2.14. The van der Waals surface area contributed by atoms with E-state index in [1.54, 1.807) is 18.9 Å². The van der Waals surface area contributed by atoms with Crippen LogP contribution >= 0.6 is 11.8 Å². The Morgan fingerprint density at radius 1 is 1.31 bits per heavy atom. The summed E-state index contributed by atoms with van der Waals surface area (Å²) in [7, 11) is 1.70. The summed E-state index contributed by atoms with van der Waals surface area (Å²) in [6.45, 7) is 5.43. The highest BCUT2D eigenvalue weighted by Crippen LogP contribution is 2.29. The van der Waals surface area contributed by atoms with Crippen LogP contribution in [0, 0.1) is 13.8 Å². The lowest BCUT2D eigenvalue weighted by Crippen LogP contribution is -2.00. The van der Waals surface area contributed by atoms with Crippen LogP contribution in [0.25, 0.3) is 11.0 Å². The molecule has 1 aliphatic heterocycles. The van der Waals surface area contributed by atoms with Crippen LogP contribution in [0.15, 0.2) is 34.5 Å². The molecule has 0 radical (unpaired) electrons. The van der Waals surface area contributed by atoms with E-state index in [0.717, 1.165) is 56.6 Å². The van der Waals surface area contributed by atoms with Gasteiger partial charge in [-0.15, -0.1) is 0 Å². The Balaban J connectivity index is 1.54. The van der Waals surface area contributed by atoms with Crippen molar-refractivity contribution in [1.29, 1.82) is 0 Å². The van der Waals surface area contributed by atoms with Gasteiger partial charge in [-0.05, 0) is 32.0 Å². The maximum absolute atomic E-state index is 5.53. The number of aromatic nitrogens is 3. The fourth-order valence-corrected chi connectivity index (χ4v) is 3.96. The number of ether oxygens (including phenoxy) is 2. The Morgan fingerprint density at radius 2 is 2.19 bits per heavy atom. The van der Waals surface area contributed by atoms with Crippen molar-refractivity contribution in [3.8, 4) is 5.75 Å². The van der Waals surface area contributed by atoms with Gasteiger partial charge in [0.2, 0.25) is 5.90 Å². The number of hydrogen-bond donors (Lipinski definition) is 1. The van der Waals surface area contributed by atoms with Gasteiger partial charge in [0.15, 0.2) is 5.16 Å². The second kappa shape index (κ2) is 6.99. The minimum atomic E-state index is 0.654. The van der Waals surface area contributed by atoms with E-state index in [-0.39, 0.29) is 0 Å². The minimum Gasteiger partial charge on any atom is -0.496 e. The first-order valence-electron chi connectivity index (χ1n) is 8.45. The van der Waals surface area contributed by atoms with Crippen LogP contribution in [-0.2, 0) is 10.5 Å². The average molecular weight is 368 g/mol. The molecule has 0 saturated heterocycles. The number of nitrogens with one attached hydrogen (secondary N) is 1. The third-order valence-electron chi connectivity index (χ3n) is 4.39. The fraction of sp³-hybridized carbons (Fsp3) is 0.316. The largest absolute Gasteiger partial charge is 0.496 e. The van der Waals surface area contributed by atoms with E-state index in [9.17, 15) is 0 Å². The molecule has 134 valence electrons. The normalized spacial score (nSPS) is 13.7. The summed E-state index contributed by atoms with van der Waals surface area (Å²) in [5.41, 5.74) is 6.02. The number of imidazole rings is 1. The Morgan fingerprint density at radius 3 is 2.96 bits per heavy atom. The van der Waals surface area contributed by atoms with Crippen molar-refractivity contribution in [3.05, 3.63) is 46.8 Å². The standard InChI is InChI=1S/C19H20N4O2S/c1-11-9-21-16(12(2)17(11)24-3)10-26-19-22-14-5-4-13(8-15(14)23-19)18-20-6-7-25-18/h4-5,8-9H,6-7,10H2,1-3H3,(H,22,23). The monoisotopic (exact) mass is 368 g/mol. The van der Waals surface area contributed by atoms with Crippen LogP contribution in [0.1, 0.15) is 22.4 Å². The molecule has 3 aromatic rings. The number of hydrogen-bond acceptors (Lipinski definition) is 6. The third kappa shape index (κ3) is 3.14. The zero-order valence-corrected chi connectivity index (χ0v) is 15.8. The molecule has 0 spiro atoms. The van der Waals surface area contributed by atoms with Gasteiger partial charge >= 0.3 is 0 Å². The van der Waals surface area contributed by atoms with Gasteiger partial charge in [0.1, 0.15) is 12.4 Å². The third-order valence-corrected chi connectivity index (χ3v) is 5.27. The maximum Gasteiger partial charge on any atom is 0.216 e. The van der Waals surface area contributed by atoms with Crippen molar-refractivity contribution in [1.82, 2.24) is 15.0 Å². The zero-order valence-electron chi connectivity index (χ0n) is 15.0. The summed E-state index contributed by atoms with van der Waals surface area (Å²) in [6.07, 6.45) is 1.86. The summed E-state index contributed by atoms with van der Waals surface area (Å²) in [5, 5.41) is 0.868. The molecule has 0 saturated carbocycles. The topological polar surface area (TPSA) is 72.4 Å². The zero-order chi connectivity index (χ0) is 18.1. The van der Waals surface area contributed by atoms with Gasteiger partial charge in [0.25, 0.3) is 0 Å². The van der Waals surface area contributed by atoms with Crippen molar-refractivity contribution < 1.29 is 9.47 Å². The van der Waals surface area contributed by atoms with Crippen LogP contribution in [0.5, 0.6) is 5.75 Å². The van der Waals surface area contributed by atoms with E-state index in [4.69, 9.17) is 9.47 Å². The molecule has 26 heavy (non-hydrogen) atoms. The molecule has 4 rings (SSSR count). The van der Waals surface area contributed by atoms with Crippen molar-refractivity contribution in [3.63, 3.8) is 0 Å². The molecule has 0 atom stereocenters. The first-order valence-corrected chi connectivity index (χ1v) is 9.43. The van der Waals surface area contributed by atoms with Crippen LogP contribution < -0.4 is 4.74 Å². The number of methoxy groups -OCH3 is 1. The molecule has 1 N–H and O–H groups in total. The number of H-pyrrole nitrogens is 1. The lowest BCUT2D eigenvalue weighted by molar-refractivity contribution is 0.348. The van der Waals surface area contributed by atoms with E-state index in [1.165, 1.54) is 0 Å². The van der Waals surface area contributed by atoms with Gasteiger partial charge in [-0.3, -0.25) is 4.98 Å². The lowest BCUT2D eigenvalue weighted by atomic mass is 10.1. The van der Waals surface area contributed by atoms with Crippen molar-refractivity contribution in [2.75, 3.05) is 20.3 Å². The number of fused-ring (bicyclic) bond motifs is 1. The summed E-state index contributed by atoms with van der Waals surface area (Å²) in [5.74, 6) is 2.34. The molecule has 6 nitrogen and oxygen atoms in total. The van der Waals surface area contributed by atoms with Crippen LogP contribution in [0.2, 0.25) is 0 Å². The van der Waals surface area contributed by atoms with Gasteiger partial charge in [-0.25, -0.2) is 9.98 Å². The Bertz CT molecular complexity index is 997. The Kier molecular flexibility index (Phi) is 4.55. The van der Waals surface area contributed by atoms with Gasteiger partial charge in [-0.2, -0.15) is 0 Å². The Hall–Kier alpha value is -2.54. The number of rotatable bonds is 5. The predicted molar refractivity (Wildman–Crippen MR) is 103 cm³/mol. The molecule has 0 unspecified atom stereocenters. The number of benzene rings is 1. The molecule has 2 aromatic heterocycles. The number of aromatic amines is 1. The number of aliphatic imine (C=N–C) groups is 1. The van der Waals surface area contributed by atoms with E-state index in [0.29, 0.717) is 12.5 Å². The first-order chi connectivity index (χ1) is 12.7. The molecular weight excluding hydrogens is 348 g/mol. The van der Waals surface area contributed by atoms with Gasteiger partial charge in [0, 0.05) is 28.6 Å². The number of aryl methyl sites for hydroxylation is 1. The maximum atomic E-state index is 5.53. The van der Waals surface area contributed by atoms with Crippen LogP contribution in [0.4, 0.5) is 0 Å². The minimum absolute atomic E-state index is 0.654. The van der Waals surface area contributed by atoms with Gasteiger partial charge in [0.05, 0.1) is 30.4 Å². The first kappa shape index (κ1) is 16.9. The summed E-state index contributed by atoms with van der Waals surface area (Å²) < 4.78 is 11.0. The number of pyridine rings is 1. The van der Waals surface area contributed by atoms with Crippen LogP contribution in [0.3, 0.4) is 0 Å². The van der Waals surface area contributed by atoms with E-state index in [2.05, 4.69) is 19.9 Å². The van der Waals surface area contributed by atoms with Gasteiger partial charge < -0.3 is 14.5 Å².